The molecule has 2 rings (SSSR count). The first-order chi connectivity index (χ1) is 7.52. The number of hydrogen-bond donors (Lipinski definition) is 1. The second-order valence-corrected chi connectivity index (χ2v) is 4.06. The maximum absolute atomic E-state index is 11.7. The van der Waals surface area contributed by atoms with Crippen molar-refractivity contribution in [2.45, 2.75) is 19.3 Å². The van der Waals surface area contributed by atoms with E-state index in [-0.39, 0.29) is 12.3 Å². The number of rotatable bonds is 1. The zero-order valence-corrected chi connectivity index (χ0v) is 9.23. The molecule has 1 aromatic carbocycles. The number of para-hydroxylation sites is 1. The van der Waals surface area contributed by atoms with E-state index in [2.05, 4.69) is 0 Å². The van der Waals surface area contributed by atoms with Gasteiger partial charge in [-0.15, -0.1) is 0 Å². The molecule has 1 heterocycles. The number of anilines is 1. The number of hydrogen-bond acceptors (Lipinski definition) is 2. The highest BCUT2D eigenvalue weighted by molar-refractivity contribution is 6.01. The van der Waals surface area contributed by atoms with Crippen LogP contribution >= 0.6 is 0 Å². The van der Waals surface area contributed by atoms with Crippen LogP contribution in [0, 0.1) is 6.92 Å². The maximum atomic E-state index is 11.7. The largest absolute Gasteiger partial charge is 0.481 e. The van der Waals surface area contributed by atoms with E-state index in [1.54, 1.807) is 18.0 Å². The minimum Gasteiger partial charge on any atom is -0.481 e. The van der Waals surface area contributed by atoms with Gasteiger partial charge in [-0.05, 0) is 18.1 Å². The van der Waals surface area contributed by atoms with Gasteiger partial charge in [-0.2, -0.15) is 0 Å². The lowest BCUT2D eigenvalue weighted by molar-refractivity contribution is -0.140. The Labute approximate surface area is 93.5 Å². The third kappa shape index (κ3) is 1.46. The Balaban J connectivity index is 2.62. The minimum absolute atomic E-state index is 0.0439. The molecule has 0 spiro atoms. The van der Waals surface area contributed by atoms with Gasteiger partial charge in [0.15, 0.2) is 0 Å². The molecule has 1 amide bonds. The monoisotopic (exact) mass is 219 g/mol. The van der Waals surface area contributed by atoms with Crippen LogP contribution in [0.3, 0.4) is 0 Å². The van der Waals surface area contributed by atoms with Crippen LogP contribution in [0.4, 0.5) is 5.69 Å². The number of amides is 1. The molecule has 0 bridgehead atoms. The highest BCUT2D eigenvalue weighted by atomic mass is 16.4. The van der Waals surface area contributed by atoms with Gasteiger partial charge in [0.2, 0.25) is 5.91 Å². The van der Waals surface area contributed by atoms with Gasteiger partial charge in [-0.25, -0.2) is 0 Å². The zero-order chi connectivity index (χ0) is 11.9. The van der Waals surface area contributed by atoms with Crippen LogP contribution in [0.15, 0.2) is 18.2 Å². The first kappa shape index (κ1) is 10.7. The van der Waals surface area contributed by atoms with E-state index in [0.29, 0.717) is 0 Å². The van der Waals surface area contributed by atoms with Crippen molar-refractivity contribution < 1.29 is 14.7 Å². The van der Waals surface area contributed by atoms with Crippen molar-refractivity contribution in [3.8, 4) is 0 Å². The van der Waals surface area contributed by atoms with Gasteiger partial charge < -0.3 is 10.0 Å². The molecular formula is C12H13NO3. The van der Waals surface area contributed by atoms with E-state index in [1.165, 1.54) is 0 Å². The normalized spacial score (nSPS) is 19.5. The summed E-state index contributed by atoms with van der Waals surface area (Å²) in [6.45, 7) is 1.88. The molecule has 1 unspecified atom stereocenters. The summed E-state index contributed by atoms with van der Waals surface area (Å²) in [5, 5.41) is 9.11. The number of nitrogens with zero attached hydrogens (tertiary/aromatic N) is 1. The van der Waals surface area contributed by atoms with Crippen molar-refractivity contribution in [2.75, 3.05) is 11.9 Å². The first-order valence-electron chi connectivity index (χ1n) is 5.11. The average molecular weight is 219 g/mol. The highest BCUT2D eigenvalue weighted by Gasteiger charge is 2.34. The van der Waals surface area contributed by atoms with Crippen LogP contribution in [-0.2, 0) is 9.59 Å². The number of fused-ring (bicyclic) bond motifs is 1. The van der Waals surface area contributed by atoms with E-state index in [9.17, 15) is 9.59 Å². The number of carboxylic acids is 1. The molecule has 0 radical (unpaired) electrons. The van der Waals surface area contributed by atoms with Crippen molar-refractivity contribution in [3.05, 3.63) is 29.3 Å². The fraction of sp³-hybridized carbons (Fsp3) is 0.333. The Morgan fingerprint density at radius 2 is 2.19 bits per heavy atom. The molecule has 1 aliphatic rings. The maximum Gasteiger partial charge on any atom is 0.311 e. The van der Waals surface area contributed by atoms with Gasteiger partial charge >= 0.3 is 5.97 Å². The summed E-state index contributed by atoms with van der Waals surface area (Å²) in [6.07, 6.45) is 0.0439. The fourth-order valence-corrected chi connectivity index (χ4v) is 2.19. The fourth-order valence-electron chi connectivity index (χ4n) is 2.19. The lowest BCUT2D eigenvalue weighted by Crippen LogP contribution is -2.36. The lowest BCUT2D eigenvalue weighted by Gasteiger charge is -2.31. The number of aliphatic carboxylic acids is 1. The van der Waals surface area contributed by atoms with Crippen LogP contribution < -0.4 is 4.90 Å². The number of carbonyl (C=O) groups is 2. The Morgan fingerprint density at radius 1 is 1.50 bits per heavy atom. The summed E-state index contributed by atoms with van der Waals surface area (Å²) >= 11 is 0. The van der Waals surface area contributed by atoms with Crippen LogP contribution in [0.1, 0.15) is 23.5 Å². The average Bonchev–Trinajstić information content (AvgIpc) is 2.22. The van der Waals surface area contributed by atoms with Crippen molar-refractivity contribution in [1.82, 2.24) is 0 Å². The Bertz CT molecular complexity index is 467. The summed E-state index contributed by atoms with van der Waals surface area (Å²) in [7, 11) is 1.69. The number of carbonyl (C=O) groups excluding carboxylic acids is 1. The van der Waals surface area contributed by atoms with Crippen LogP contribution in [0.5, 0.6) is 0 Å². The van der Waals surface area contributed by atoms with Gasteiger partial charge in [0.1, 0.15) is 0 Å². The van der Waals surface area contributed by atoms with Crippen LogP contribution in [-0.4, -0.2) is 24.0 Å². The van der Waals surface area contributed by atoms with Crippen molar-refractivity contribution >= 4 is 17.6 Å². The second-order valence-electron chi connectivity index (χ2n) is 4.06. The molecule has 4 nitrogen and oxygen atoms in total. The topological polar surface area (TPSA) is 57.6 Å². The second kappa shape index (κ2) is 3.63. The van der Waals surface area contributed by atoms with Crippen molar-refractivity contribution in [2.24, 2.45) is 0 Å². The molecule has 16 heavy (non-hydrogen) atoms. The lowest BCUT2D eigenvalue weighted by atomic mass is 9.88. The number of aryl methyl sites for hydroxylation is 1. The summed E-state index contributed by atoms with van der Waals surface area (Å²) in [5.74, 6) is -1.79. The molecule has 4 heteroatoms. The Morgan fingerprint density at radius 3 is 2.81 bits per heavy atom. The van der Waals surface area contributed by atoms with Crippen LogP contribution in [0.2, 0.25) is 0 Å². The molecule has 1 aliphatic heterocycles. The third-order valence-corrected chi connectivity index (χ3v) is 3.03. The molecule has 1 N–H and O–H groups in total. The Kier molecular flexibility index (Phi) is 2.42. The van der Waals surface area contributed by atoms with Crippen molar-refractivity contribution in [1.29, 1.82) is 0 Å². The predicted molar refractivity (Wildman–Crippen MR) is 59.6 cm³/mol. The molecule has 1 aromatic rings. The highest BCUT2D eigenvalue weighted by Crippen LogP contribution is 2.37. The van der Waals surface area contributed by atoms with E-state index < -0.39 is 11.9 Å². The summed E-state index contributed by atoms with van der Waals surface area (Å²) in [6, 6.07) is 5.49. The van der Waals surface area contributed by atoms with Crippen LogP contribution in [0.25, 0.3) is 0 Å². The summed E-state index contributed by atoms with van der Waals surface area (Å²) in [5.41, 5.74) is 2.40. The molecule has 0 aromatic heterocycles. The third-order valence-electron chi connectivity index (χ3n) is 3.03. The van der Waals surface area contributed by atoms with Gasteiger partial charge in [-0.1, -0.05) is 18.2 Å². The first-order valence-corrected chi connectivity index (χ1v) is 5.11. The molecule has 0 aliphatic carbocycles. The van der Waals surface area contributed by atoms with Gasteiger partial charge in [-0.3, -0.25) is 9.59 Å². The molecule has 84 valence electrons. The quantitative estimate of drug-likeness (QED) is 0.779. The molecule has 0 saturated carbocycles. The Hall–Kier alpha value is -1.84. The summed E-state index contributed by atoms with van der Waals surface area (Å²) < 4.78 is 0. The molecule has 1 atom stereocenters. The van der Waals surface area contributed by atoms with Gasteiger partial charge in [0.05, 0.1) is 11.6 Å². The van der Waals surface area contributed by atoms with E-state index in [0.717, 1.165) is 16.8 Å². The molecule has 0 fully saturated rings. The zero-order valence-electron chi connectivity index (χ0n) is 9.23. The summed E-state index contributed by atoms with van der Waals surface area (Å²) in [4.78, 5) is 24.3. The predicted octanol–water partition coefficient (Wildman–Crippen LogP) is 1.53. The smallest absolute Gasteiger partial charge is 0.311 e. The SMILES string of the molecule is Cc1cccc2c1N(C)C(=O)CC2C(=O)O. The van der Waals surface area contributed by atoms with E-state index >= 15 is 0 Å². The standard InChI is InChI=1S/C12H13NO3/c1-7-4-3-5-8-9(12(15)16)6-10(14)13(2)11(7)8/h3-5,9H,6H2,1-2H3,(H,15,16). The van der Waals surface area contributed by atoms with Gasteiger partial charge in [0.25, 0.3) is 0 Å². The van der Waals surface area contributed by atoms with Gasteiger partial charge in [0, 0.05) is 13.5 Å². The number of carboxylic acid groups (broad SMARTS) is 1. The minimum atomic E-state index is -0.937. The van der Waals surface area contributed by atoms with E-state index in [1.807, 2.05) is 19.1 Å². The molecular weight excluding hydrogens is 206 g/mol. The molecule has 0 saturated heterocycles. The van der Waals surface area contributed by atoms with E-state index in [4.69, 9.17) is 5.11 Å². The van der Waals surface area contributed by atoms with Crippen molar-refractivity contribution in [3.63, 3.8) is 0 Å². The number of benzene rings is 1.